The van der Waals surface area contributed by atoms with Gasteiger partial charge in [0.15, 0.2) is 23.0 Å². The standard InChI is InChI=1S/C28H36N2O7/c1-4-5-6-15-36-21-10-8-20(18-23(21)34-3)25-24(26(31)22-9-7-19(2)37-22)27(32)28(33)30(25)12-11-29-13-16-35-17-14-29/h7-10,18,25,32H,4-6,11-17H2,1-3H3. The number of unbranched alkanes of at least 4 members (excludes halogenated alkanes) is 2. The van der Waals surface area contributed by atoms with E-state index in [4.69, 9.17) is 18.6 Å². The number of hydrogen-bond donors (Lipinski definition) is 1. The molecule has 1 atom stereocenters. The van der Waals surface area contributed by atoms with Crippen LogP contribution in [-0.4, -0.2) is 79.7 Å². The van der Waals surface area contributed by atoms with Crippen LogP contribution in [0.2, 0.25) is 0 Å². The molecule has 3 heterocycles. The molecule has 1 fully saturated rings. The molecule has 4 rings (SSSR count). The number of benzene rings is 1. The molecule has 0 aliphatic carbocycles. The van der Waals surface area contributed by atoms with E-state index in [2.05, 4.69) is 11.8 Å². The average Bonchev–Trinajstić information content (AvgIpc) is 3.46. The van der Waals surface area contributed by atoms with Crippen molar-refractivity contribution in [3.8, 4) is 11.5 Å². The Morgan fingerprint density at radius 2 is 1.89 bits per heavy atom. The topological polar surface area (TPSA) is 102 Å². The van der Waals surface area contributed by atoms with Gasteiger partial charge in [-0.3, -0.25) is 14.5 Å². The molecule has 1 aromatic heterocycles. The van der Waals surface area contributed by atoms with Gasteiger partial charge in [-0.05, 0) is 43.2 Å². The highest BCUT2D eigenvalue weighted by Gasteiger charge is 2.44. The highest BCUT2D eigenvalue weighted by Crippen LogP contribution is 2.41. The first-order chi connectivity index (χ1) is 17.9. The summed E-state index contributed by atoms with van der Waals surface area (Å²) in [5.74, 6) is 0.0932. The lowest BCUT2D eigenvalue weighted by Crippen LogP contribution is -2.43. The van der Waals surface area contributed by atoms with Gasteiger partial charge in [0.2, 0.25) is 5.78 Å². The van der Waals surface area contributed by atoms with Crippen molar-refractivity contribution >= 4 is 11.7 Å². The Kier molecular flexibility index (Phi) is 8.89. The molecule has 1 amide bonds. The predicted octanol–water partition coefficient (Wildman–Crippen LogP) is 4.08. The molecule has 0 bridgehead atoms. The molecule has 9 nitrogen and oxygen atoms in total. The van der Waals surface area contributed by atoms with Gasteiger partial charge in [0.1, 0.15) is 5.76 Å². The number of aryl methyl sites for hydroxylation is 1. The third kappa shape index (κ3) is 5.99. The number of ether oxygens (including phenoxy) is 3. The summed E-state index contributed by atoms with van der Waals surface area (Å²) in [5, 5.41) is 10.9. The van der Waals surface area contributed by atoms with Gasteiger partial charge in [0.25, 0.3) is 5.91 Å². The molecule has 1 N–H and O–H groups in total. The largest absolute Gasteiger partial charge is 0.503 e. The van der Waals surface area contributed by atoms with Crippen LogP contribution in [0.1, 0.15) is 54.1 Å². The van der Waals surface area contributed by atoms with E-state index in [1.807, 2.05) is 6.07 Å². The lowest BCUT2D eigenvalue weighted by molar-refractivity contribution is -0.129. The fraction of sp³-hybridized carbons (Fsp3) is 0.500. The summed E-state index contributed by atoms with van der Waals surface area (Å²) in [7, 11) is 1.55. The Balaban J connectivity index is 1.66. The van der Waals surface area contributed by atoms with Gasteiger partial charge in [-0.1, -0.05) is 25.8 Å². The van der Waals surface area contributed by atoms with E-state index in [1.54, 1.807) is 43.2 Å². The zero-order valence-corrected chi connectivity index (χ0v) is 21.8. The van der Waals surface area contributed by atoms with E-state index >= 15 is 0 Å². The number of furan rings is 1. The molecule has 2 aromatic rings. The van der Waals surface area contributed by atoms with Crippen LogP contribution in [0.4, 0.5) is 0 Å². The third-order valence-electron chi connectivity index (χ3n) is 6.78. The number of aliphatic hydroxyl groups is 1. The van der Waals surface area contributed by atoms with Gasteiger partial charge in [-0.2, -0.15) is 0 Å². The van der Waals surface area contributed by atoms with Gasteiger partial charge in [0.05, 0.1) is 38.5 Å². The number of ketones is 1. The minimum absolute atomic E-state index is 0.00000489. The first-order valence-corrected chi connectivity index (χ1v) is 12.9. The van der Waals surface area contributed by atoms with Crippen molar-refractivity contribution < 1.29 is 33.3 Å². The third-order valence-corrected chi connectivity index (χ3v) is 6.78. The highest BCUT2D eigenvalue weighted by atomic mass is 16.5. The van der Waals surface area contributed by atoms with Crippen LogP contribution < -0.4 is 9.47 Å². The summed E-state index contributed by atoms with van der Waals surface area (Å²) in [5.41, 5.74) is 0.642. The number of Topliss-reactive ketones (excluding diaryl/α,β-unsaturated/α-hetero) is 1. The monoisotopic (exact) mass is 512 g/mol. The van der Waals surface area contributed by atoms with Gasteiger partial charge in [0, 0.05) is 26.2 Å². The predicted molar refractivity (Wildman–Crippen MR) is 137 cm³/mol. The molecule has 1 unspecified atom stereocenters. The number of amides is 1. The molecule has 1 saturated heterocycles. The van der Waals surface area contributed by atoms with Crippen LogP contribution in [0.15, 0.2) is 46.1 Å². The molecule has 0 radical (unpaired) electrons. The van der Waals surface area contributed by atoms with Crippen LogP contribution in [0.3, 0.4) is 0 Å². The summed E-state index contributed by atoms with van der Waals surface area (Å²) in [4.78, 5) is 30.5. The van der Waals surface area contributed by atoms with E-state index in [9.17, 15) is 14.7 Å². The van der Waals surface area contributed by atoms with Crippen molar-refractivity contribution in [3.63, 3.8) is 0 Å². The summed E-state index contributed by atoms with van der Waals surface area (Å²) in [6.45, 7) is 8.17. The number of nitrogens with zero attached hydrogens (tertiary/aromatic N) is 2. The molecule has 200 valence electrons. The second kappa shape index (κ2) is 12.3. The van der Waals surface area contributed by atoms with Crippen molar-refractivity contribution in [2.45, 2.75) is 39.2 Å². The average molecular weight is 513 g/mol. The Labute approximate surface area is 217 Å². The fourth-order valence-electron chi connectivity index (χ4n) is 4.73. The number of carbonyl (C=O) groups excluding carboxylic acids is 2. The van der Waals surface area contributed by atoms with Crippen molar-refractivity contribution in [2.75, 3.05) is 53.1 Å². The Morgan fingerprint density at radius 3 is 2.57 bits per heavy atom. The molecule has 0 spiro atoms. The number of carbonyl (C=O) groups is 2. The van der Waals surface area contributed by atoms with E-state index in [0.717, 1.165) is 32.4 Å². The van der Waals surface area contributed by atoms with Crippen molar-refractivity contribution in [1.29, 1.82) is 0 Å². The zero-order valence-electron chi connectivity index (χ0n) is 21.8. The van der Waals surface area contributed by atoms with Crippen molar-refractivity contribution in [1.82, 2.24) is 9.80 Å². The van der Waals surface area contributed by atoms with E-state index < -0.39 is 23.5 Å². The van der Waals surface area contributed by atoms with E-state index in [-0.39, 0.29) is 11.3 Å². The summed E-state index contributed by atoms with van der Waals surface area (Å²) in [6.07, 6.45) is 3.10. The van der Waals surface area contributed by atoms with Crippen LogP contribution in [-0.2, 0) is 9.53 Å². The molecular weight excluding hydrogens is 476 g/mol. The molecular formula is C28H36N2O7. The van der Waals surface area contributed by atoms with E-state index in [1.165, 1.54) is 0 Å². The first kappa shape index (κ1) is 26.8. The lowest BCUT2D eigenvalue weighted by Gasteiger charge is -2.31. The summed E-state index contributed by atoms with van der Waals surface area (Å²) >= 11 is 0. The normalized spacial score (nSPS) is 18.5. The Bertz CT molecular complexity index is 1130. The second-order valence-electron chi connectivity index (χ2n) is 9.32. The summed E-state index contributed by atoms with van der Waals surface area (Å²) < 4.78 is 22.5. The molecule has 9 heteroatoms. The fourth-order valence-corrected chi connectivity index (χ4v) is 4.73. The molecule has 2 aliphatic rings. The van der Waals surface area contributed by atoms with Crippen LogP contribution >= 0.6 is 0 Å². The van der Waals surface area contributed by atoms with Crippen LogP contribution in [0.25, 0.3) is 0 Å². The Hall–Kier alpha value is -3.30. The van der Waals surface area contributed by atoms with E-state index in [0.29, 0.717) is 55.7 Å². The summed E-state index contributed by atoms with van der Waals surface area (Å²) in [6, 6.07) is 7.82. The van der Waals surface area contributed by atoms with Crippen LogP contribution in [0.5, 0.6) is 11.5 Å². The van der Waals surface area contributed by atoms with Crippen molar-refractivity contribution in [3.05, 3.63) is 58.7 Å². The van der Waals surface area contributed by atoms with Gasteiger partial charge >= 0.3 is 0 Å². The highest BCUT2D eigenvalue weighted by molar-refractivity contribution is 6.15. The van der Waals surface area contributed by atoms with Gasteiger partial charge in [-0.15, -0.1) is 0 Å². The molecule has 1 aromatic carbocycles. The minimum atomic E-state index is -0.797. The SMILES string of the molecule is CCCCCOc1ccc(C2C(C(=O)c3ccc(C)o3)=C(O)C(=O)N2CCN2CCOCC2)cc1OC. The number of rotatable bonds is 12. The molecule has 0 saturated carbocycles. The second-order valence-corrected chi connectivity index (χ2v) is 9.32. The quantitative estimate of drug-likeness (QED) is 0.335. The van der Waals surface area contributed by atoms with Gasteiger partial charge < -0.3 is 28.6 Å². The maximum Gasteiger partial charge on any atom is 0.290 e. The Morgan fingerprint density at radius 1 is 1.11 bits per heavy atom. The lowest BCUT2D eigenvalue weighted by atomic mass is 9.94. The number of methoxy groups -OCH3 is 1. The number of morpholine rings is 1. The molecule has 2 aliphatic heterocycles. The minimum Gasteiger partial charge on any atom is -0.503 e. The molecule has 37 heavy (non-hydrogen) atoms. The smallest absolute Gasteiger partial charge is 0.290 e. The maximum atomic E-state index is 13.5. The van der Waals surface area contributed by atoms with Crippen LogP contribution in [0, 0.1) is 6.92 Å². The van der Waals surface area contributed by atoms with Gasteiger partial charge in [-0.25, -0.2) is 0 Å². The zero-order chi connectivity index (χ0) is 26.4. The maximum absolute atomic E-state index is 13.5. The van der Waals surface area contributed by atoms with Crippen molar-refractivity contribution in [2.24, 2.45) is 0 Å². The number of hydrogen-bond acceptors (Lipinski definition) is 8. The number of aliphatic hydroxyl groups excluding tert-OH is 1. The first-order valence-electron chi connectivity index (χ1n) is 12.9.